The molecule has 0 bridgehead atoms. The van der Waals surface area contributed by atoms with Crippen molar-refractivity contribution in [2.75, 3.05) is 19.7 Å². The second-order valence-electron chi connectivity index (χ2n) is 4.82. The molecule has 1 amide bonds. The van der Waals surface area contributed by atoms with Crippen molar-refractivity contribution < 1.29 is 13.9 Å². The van der Waals surface area contributed by atoms with Crippen LogP contribution in [0.2, 0.25) is 0 Å². The minimum Gasteiger partial charge on any atom is -0.491 e. The summed E-state index contributed by atoms with van der Waals surface area (Å²) in [7, 11) is 0. The van der Waals surface area contributed by atoms with Crippen LogP contribution in [-0.4, -0.2) is 30.5 Å². The summed E-state index contributed by atoms with van der Waals surface area (Å²) in [6.07, 6.45) is 4.55. The van der Waals surface area contributed by atoms with E-state index in [-0.39, 0.29) is 17.5 Å². The predicted molar refractivity (Wildman–Crippen MR) is 71.6 cm³/mol. The average Bonchev–Trinajstić information content (AvgIpc) is 2.46. The van der Waals surface area contributed by atoms with Crippen LogP contribution in [0.4, 0.5) is 4.39 Å². The first-order valence-corrected chi connectivity index (χ1v) is 6.92. The molecule has 0 aliphatic carbocycles. The molecule has 0 saturated carbocycles. The van der Waals surface area contributed by atoms with Gasteiger partial charge < -0.3 is 9.64 Å². The number of halogens is 1. The van der Waals surface area contributed by atoms with Crippen molar-refractivity contribution in [1.29, 1.82) is 0 Å². The fourth-order valence-electron chi connectivity index (χ4n) is 2.27. The fraction of sp³-hybridized carbons (Fsp3) is 0.533. The number of para-hydroxylation sites is 1. The molecule has 1 aliphatic heterocycles. The summed E-state index contributed by atoms with van der Waals surface area (Å²) in [4.78, 5) is 13.8. The smallest absolute Gasteiger partial charge is 0.222 e. The van der Waals surface area contributed by atoms with E-state index in [1.807, 2.05) is 4.90 Å². The van der Waals surface area contributed by atoms with E-state index in [2.05, 4.69) is 0 Å². The molecular formula is C15H20FNO2. The topological polar surface area (TPSA) is 29.5 Å². The molecule has 1 aliphatic rings. The SMILES string of the molecule is O=C(CCCOc1ccccc1F)N1CCCCC1. The second-order valence-corrected chi connectivity index (χ2v) is 4.82. The van der Waals surface area contributed by atoms with E-state index in [4.69, 9.17) is 4.74 Å². The van der Waals surface area contributed by atoms with Crippen LogP contribution in [0.25, 0.3) is 0 Å². The number of carbonyl (C=O) groups is 1. The van der Waals surface area contributed by atoms with Gasteiger partial charge >= 0.3 is 0 Å². The van der Waals surface area contributed by atoms with Crippen molar-refractivity contribution in [3.63, 3.8) is 0 Å². The molecule has 1 aromatic carbocycles. The number of amides is 1. The maximum atomic E-state index is 13.3. The van der Waals surface area contributed by atoms with Crippen LogP contribution < -0.4 is 4.74 Å². The quantitative estimate of drug-likeness (QED) is 0.766. The molecule has 3 nitrogen and oxygen atoms in total. The van der Waals surface area contributed by atoms with Gasteiger partial charge in [0.25, 0.3) is 0 Å². The van der Waals surface area contributed by atoms with Gasteiger partial charge in [-0.05, 0) is 37.8 Å². The first kappa shape index (κ1) is 13.8. The maximum absolute atomic E-state index is 13.3. The van der Waals surface area contributed by atoms with Gasteiger partial charge in [0.15, 0.2) is 11.6 Å². The van der Waals surface area contributed by atoms with Crippen molar-refractivity contribution >= 4 is 5.91 Å². The third-order valence-corrected chi connectivity index (χ3v) is 3.34. The number of rotatable bonds is 5. The van der Waals surface area contributed by atoms with Crippen LogP contribution in [0.3, 0.4) is 0 Å². The van der Waals surface area contributed by atoms with Gasteiger partial charge in [-0.25, -0.2) is 4.39 Å². The van der Waals surface area contributed by atoms with Crippen molar-refractivity contribution in [1.82, 2.24) is 4.90 Å². The average molecular weight is 265 g/mol. The molecule has 0 radical (unpaired) electrons. The number of ether oxygens (including phenoxy) is 1. The summed E-state index contributed by atoms with van der Waals surface area (Å²) in [6, 6.07) is 6.33. The molecule has 0 N–H and O–H groups in total. The number of hydrogen-bond acceptors (Lipinski definition) is 2. The van der Waals surface area contributed by atoms with Gasteiger partial charge in [-0.3, -0.25) is 4.79 Å². The van der Waals surface area contributed by atoms with Crippen LogP contribution in [0.1, 0.15) is 32.1 Å². The van der Waals surface area contributed by atoms with Gasteiger partial charge in [-0.2, -0.15) is 0 Å². The highest BCUT2D eigenvalue weighted by Gasteiger charge is 2.15. The number of piperidine rings is 1. The van der Waals surface area contributed by atoms with Gasteiger partial charge in [0.05, 0.1) is 6.61 Å². The van der Waals surface area contributed by atoms with E-state index in [1.54, 1.807) is 18.2 Å². The first-order chi connectivity index (χ1) is 9.27. The summed E-state index contributed by atoms with van der Waals surface area (Å²) in [5.74, 6) is 0.0922. The van der Waals surface area contributed by atoms with Crippen LogP contribution in [-0.2, 0) is 4.79 Å². The van der Waals surface area contributed by atoms with Crippen LogP contribution in [0.5, 0.6) is 5.75 Å². The molecular weight excluding hydrogens is 245 g/mol. The lowest BCUT2D eigenvalue weighted by Crippen LogP contribution is -2.35. The number of carbonyl (C=O) groups excluding carboxylic acids is 1. The summed E-state index contributed by atoms with van der Waals surface area (Å²) >= 11 is 0. The Kier molecular flexibility index (Phi) is 5.19. The molecule has 1 heterocycles. The van der Waals surface area contributed by atoms with Crippen molar-refractivity contribution in [2.45, 2.75) is 32.1 Å². The minimum atomic E-state index is -0.357. The third kappa shape index (κ3) is 4.23. The zero-order valence-electron chi connectivity index (χ0n) is 11.1. The van der Waals surface area contributed by atoms with E-state index in [1.165, 1.54) is 12.5 Å². The Hall–Kier alpha value is -1.58. The van der Waals surface area contributed by atoms with Crippen molar-refractivity contribution in [2.24, 2.45) is 0 Å². The summed E-state index contributed by atoms with van der Waals surface area (Å²) < 4.78 is 18.6. The predicted octanol–water partition coefficient (Wildman–Crippen LogP) is 3.00. The molecule has 2 rings (SSSR count). The van der Waals surface area contributed by atoms with Crippen LogP contribution in [0, 0.1) is 5.82 Å². The molecule has 104 valence electrons. The summed E-state index contributed by atoms with van der Waals surface area (Å²) in [6.45, 7) is 2.14. The number of hydrogen-bond donors (Lipinski definition) is 0. The van der Waals surface area contributed by atoms with Crippen molar-refractivity contribution in [3.05, 3.63) is 30.1 Å². The molecule has 0 unspecified atom stereocenters. The maximum Gasteiger partial charge on any atom is 0.222 e. The molecule has 4 heteroatoms. The van der Waals surface area contributed by atoms with Gasteiger partial charge in [-0.1, -0.05) is 12.1 Å². The molecule has 1 aromatic rings. The Morgan fingerprint density at radius 1 is 1.21 bits per heavy atom. The Bertz CT molecular complexity index is 416. The monoisotopic (exact) mass is 265 g/mol. The van der Waals surface area contributed by atoms with Crippen LogP contribution in [0.15, 0.2) is 24.3 Å². The lowest BCUT2D eigenvalue weighted by molar-refractivity contribution is -0.132. The van der Waals surface area contributed by atoms with Crippen LogP contribution >= 0.6 is 0 Å². The van der Waals surface area contributed by atoms with Crippen molar-refractivity contribution in [3.8, 4) is 5.75 Å². The van der Waals surface area contributed by atoms with E-state index in [0.717, 1.165) is 25.9 Å². The molecule has 0 atom stereocenters. The molecule has 0 spiro atoms. The zero-order chi connectivity index (χ0) is 13.5. The molecule has 19 heavy (non-hydrogen) atoms. The largest absolute Gasteiger partial charge is 0.491 e. The normalized spacial score (nSPS) is 15.3. The fourth-order valence-corrected chi connectivity index (χ4v) is 2.27. The number of likely N-dealkylation sites (tertiary alicyclic amines) is 1. The standard InChI is InChI=1S/C15H20FNO2/c16-13-7-2-3-8-14(13)19-12-6-9-15(18)17-10-4-1-5-11-17/h2-3,7-8H,1,4-6,9-12H2. The van der Waals surface area contributed by atoms with E-state index < -0.39 is 0 Å². The molecule has 0 aromatic heterocycles. The van der Waals surface area contributed by atoms with E-state index >= 15 is 0 Å². The van der Waals surface area contributed by atoms with E-state index in [9.17, 15) is 9.18 Å². The van der Waals surface area contributed by atoms with Gasteiger partial charge in [-0.15, -0.1) is 0 Å². The Labute approximate surface area is 113 Å². The highest BCUT2D eigenvalue weighted by atomic mass is 19.1. The zero-order valence-corrected chi connectivity index (χ0v) is 11.1. The number of nitrogens with zero attached hydrogens (tertiary/aromatic N) is 1. The summed E-state index contributed by atoms with van der Waals surface area (Å²) in [5.41, 5.74) is 0. The lowest BCUT2D eigenvalue weighted by Gasteiger charge is -2.26. The molecule has 1 fully saturated rings. The van der Waals surface area contributed by atoms with Gasteiger partial charge in [0, 0.05) is 19.5 Å². The van der Waals surface area contributed by atoms with Gasteiger partial charge in [0.2, 0.25) is 5.91 Å². The lowest BCUT2D eigenvalue weighted by atomic mass is 10.1. The highest BCUT2D eigenvalue weighted by Crippen LogP contribution is 2.16. The second kappa shape index (κ2) is 7.12. The van der Waals surface area contributed by atoms with E-state index in [0.29, 0.717) is 19.4 Å². The third-order valence-electron chi connectivity index (χ3n) is 3.34. The molecule has 1 saturated heterocycles. The minimum absolute atomic E-state index is 0.192. The highest BCUT2D eigenvalue weighted by molar-refractivity contribution is 5.76. The first-order valence-electron chi connectivity index (χ1n) is 6.92. The van der Waals surface area contributed by atoms with Gasteiger partial charge in [0.1, 0.15) is 0 Å². The Balaban J connectivity index is 1.66. The number of benzene rings is 1. The summed E-state index contributed by atoms with van der Waals surface area (Å²) in [5, 5.41) is 0. The Morgan fingerprint density at radius 2 is 1.95 bits per heavy atom. The Morgan fingerprint density at radius 3 is 2.68 bits per heavy atom.